The van der Waals surface area contributed by atoms with E-state index in [1.165, 1.54) is 0 Å². The van der Waals surface area contributed by atoms with Gasteiger partial charge in [0.25, 0.3) is 0 Å². The standard InChI is InChI=1S/C22H19N3O2/c23-21-19-11-15(13-26-17-7-3-1-4-8-17)16(12-20(19)22(24)25-21)14-27-18-9-5-2-6-10-18/h1-12H,13-14H2,(H3,23,24,25). The number of benzene rings is 3. The molecule has 0 saturated carbocycles. The highest BCUT2D eigenvalue weighted by molar-refractivity contribution is 6.21. The van der Waals surface area contributed by atoms with Crippen LogP contribution >= 0.6 is 0 Å². The molecule has 1 aliphatic rings. The molecule has 0 atom stereocenters. The van der Waals surface area contributed by atoms with Crippen LogP contribution in [0.1, 0.15) is 22.3 Å². The lowest BCUT2D eigenvalue weighted by atomic mass is 9.99. The van der Waals surface area contributed by atoms with Crippen molar-refractivity contribution in [2.45, 2.75) is 13.2 Å². The SMILES string of the molecule is N=C1N=C(N)c2cc(COc3ccccc3)c(COc3ccccc3)cc21. The van der Waals surface area contributed by atoms with Crippen LogP contribution in [-0.4, -0.2) is 11.7 Å². The third-order valence-corrected chi connectivity index (χ3v) is 4.38. The van der Waals surface area contributed by atoms with Crippen LogP contribution in [0, 0.1) is 5.41 Å². The van der Waals surface area contributed by atoms with E-state index < -0.39 is 0 Å². The molecule has 0 spiro atoms. The van der Waals surface area contributed by atoms with Gasteiger partial charge in [-0.05, 0) is 47.5 Å². The van der Waals surface area contributed by atoms with E-state index in [1.54, 1.807) is 0 Å². The van der Waals surface area contributed by atoms with Crippen LogP contribution in [0.15, 0.2) is 77.8 Å². The Morgan fingerprint density at radius 3 is 1.74 bits per heavy atom. The molecule has 4 rings (SSSR count). The van der Waals surface area contributed by atoms with Gasteiger partial charge in [0.15, 0.2) is 5.84 Å². The predicted molar refractivity (Wildman–Crippen MR) is 106 cm³/mol. The van der Waals surface area contributed by atoms with Gasteiger partial charge in [-0.1, -0.05) is 36.4 Å². The highest BCUT2D eigenvalue weighted by atomic mass is 16.5. The van der Waals surface area contributed by atoms with Gasteiger partial charge in [-0.25, -0.2) is 4.99 Å². The number of amidine groups is 2. The number of nitrogens with one attached hydrogen (secondary N) is 1. The maximum absolute atomic E-state index is 8.02. The predicted octanol–water partition coefficient (Wildman–Crippen LogP) is 3.89. The Labute approximate surface area is 157 Å². The van der Waals surface area contributed by atoms with Crippen molar-refractivity contribution in [3.63, 3.8) is 0 Å². The summed E-state index contributed by atoms with van der Waals surface area (Å²) in [6.45, 7) is 0.753. The molecule has 3 aromatic rings. The topological polar surface area (TPSA) is 80.7 Å². The number of nitrogens with two attached hydrogens (primary N) is 1. The quantitative estimate of drug-likeness (QED) is 0.702. The van der Waals surface area contributed by atoms with Gasteiger partial charge in [0.1, 0.15) is 30.5 Å². The summed E-state index contributed by atoms with van der Waals surface area (Å²) in [6, 6.07) is 23.2. The van der Waals surface area contributed by atoms with E-state index in [1.807, 2.05) is 72.8 Å². The van der Waals surface area contributed by atoms with Crippen molar-refractivity contribution in [3.05, 3.63) is 95.1 Å². The third kappa shape index (κ3) is 3.67. The number of aliphatic imine (C=N–C) groups is 1. The minimum Gasteiger partial charge on any atom is -0.489 e. The van der Waals surface area contributed by atoms with Gasteiger partial charge in [-0.3, -0.25) is 5.41 Å². The Morgan fingerprint density at radius 1 is 0.741 bits per heavy atom. The first kappa shape index (κ1) is 16.8. The van der Waals surface area contributed by atoms with Crippen LogP contribution in [-0.2, 0) is 13.2 Å². The summed E-state index contributed by atoms with van der Waals surface area (Å²) in [6.07, 6.45) is 0. The van der Waals surface area contributed by atoms with Crippen LogP contribution in [0.5, 0.6) is 11.5 Å². The van der Waals surface area contributed by atoms with Gasteiger partial charge >= 0.3 is 0 Å². The van der Waals surface area contributed by atoms with Crippen LogP contribution in [0.2, 0.25) is 0 Å². The lowest BCUT2D eigenvalue weighted by molar-refractivity contribution is 0.285. The molecule has 0 bridgehead atoms. The van der Waals surface area contributed by atoms with E-state index in [0.717, 1.165) is 33.8 Å². The summed E-state index contributed by atoms with van der Waals surface area (Å²) in [4.78, 5) is 4.07. The molecule has 0 fully saturated rings. The fourth-order valence-corrected chi connectivity index (χ4v) is 2.96. The highest BCUT2D eigenvalue weighted by Gasteiger charge is 2.21. The number of hydrogen-bond acceptors (Lipinski definition) is 4. The lowest BCUT2D eigenvalue weighted by Crippen LogP contribution is -2.13. The second-order valence-corrected chi connectivity index (χ2v) is 6.22. The van der Waals surface area contributed by atoms with E-state index in [2.05, 4.69) is 4.99 Å². The number of fused-ring (bicyclic) bond motifs is 1. The molecule has 0 amide bonds. The Balaban J connectivity index is 1.61. The van der Waals surface area contributed by atoms with Gasteiger partial charge in [0, 0.05) is 11.1 Å². The van der Waals surface area contributed by atoms with E-state index in [-0.39, 0.29) is 5.84 Å². The average Bonchev–Trinajstić information content (AvgIpc) is 2.99. The number of nitrogens with zero attached hydrogens (tertiary/aromatic N) is 1. The molecule has 5 nitrogen and oxygen atoms in total. The van der Waals surface area contributed by atoms with Crippen LogP contribution < -0.4 is 15.2 Å². The van der Waals surface area contributed by atoms with Gasteiger partial charge in [0.05, 0.1) is 0 Å². The lowest BCUT2D eigenvalue weighted by Gasteiger charge is -2.15. The van der Waals surface area contributed by atoms with Gasteiger partial charge < -0.3 is 15.2 Å². The summed E-state index contributed by atoms with van der Waals surface area (Å²) in [7, 11) is 0. The minimum atomic E-state index is 0.180. The fourth-order valence-electron chi connectivity index (χ4n) is 2.96. The zero-order valence-corrected chi connectivity index (χ0v) is 14.7. The Bertz CT molecular complexity index is 999. The molecule has 3 N–H and O–H groups in total. The van der Waals surface area contributed by atoms with E-state index in [0.29, 0.717) is 19.0 Å². The Morgan fingerprint density at radius 2 is 1.22 bits per heavy atom. The molecule has 0 aliphatic carbocycles. The third-order valence-electron chi connectivity index (χ3n) is 4.38. The molecule has 27 heavy (non-hydrogen) atoms. The summed E-state index contributed by atoms with van der Waals surface area (Å²) in [5.41, 5.74) is 9.37. The molecule has 0 saturated heterocycles. The second kappa shape index (κ2) is 7.33. The molecule has 134 valence electrons. The van der Waals surface area contributed by atoms with Gasteiger partial charge in [-0.15, -0.1) is 0 Å². The Hall–Kier alpha value is -3.60. The normalized spacial score (nSPS) is 12.4. The maximum atomic E-state index is 8.02. The summed E-state index contributed by atoms with van der Waals surface area (Å²) in [5, 5.41) is 8.02. The monoisotopic (exact) mass is 357 g/mol. The first-order valence-electron chi connectivity index (χ1n) is 8.65. The Kier molecular flexibility index (Phi) is 4.58. The number of ether oxygens (including phenoxy) is 2. The van der Waals surface area contributed by atoms with Gasteiger partial charge in [0.2, 0.25) is 0 Å². The van der Waals surface area contributed by atoms with E-state index in [4.69, 9.17) is 20.6 Å². The molecule has 0 radical (unpaired) electrons. The van der Waals surface area contributed by atoms with Gasteiger partial charge in [-0.2, -0.15) is 0 Å². The molecular weight excluding hydrogens is 338 g/mol. The largest absolute Gasteiger partial charge is 0.489 e. The summed E-state index contributed by atoms with van der Waals surface area (Å²) in [5.74, 6) is 2.13. The summed E-state index contributed by atoms with van der Waals surface area (Å²) < 4.78 is 11.8. The molecule has 3 aromatic carbocycles. The van der Waals surface area contributed by atoms with Crippen LogP contribution in [0.4, 0.5) is 0 Å². The highest BCUT2D eigenvalue weighted by Crippen LogP contribution is 2.25. The zero-order chi connectivity index (χ0) is 18.6. The van der Waals surface area contributed by atoms with Crippen molar-refractivity contribution in [3.8, 4) is 11.5 Å². The number of rotatable bonds is 6. The van der Waals surface area contributed by atoms with E-state index >= 15 is 0 Å². The van der Waals surface area contributed by atoms with Crippen molar-refractivity contribution in [2.75, 3.05) is 0 Å². The minimum absolute atomic E-state index is 0.180. The first-order chi connectivity index (χ1) is 13.2. The average molecular weight is 357 g/mol. The van der Waals surface area contributed by atoms with Crippen LogP contribution in [0.25, 0.3) is 0 Å². The maximum Gasteiger partial charge on any atom is 0.154 e. The van der Waals surface area contributed by atoms with Crippen molar-refractivity contribution >= 4 is 11.7 Å². The number of hydrogen-bond donors (Lipinski definition) is 2. The number of para-hydroxylation sites is 2. The van der Waals surface area contributed by atoms with Crippen molar-refractivity contribution in [1.82, 2.24) is 0 Å². The fraction of sp³-hybridized carbons (Fsp3) is 0.0909. The molecule has 0 aromatic heterocycles. The van der Waals surface area contributed by atoms with Crippen molar-refractivity contribution in [1.29, 1.82) is 5.41 Å². The molecule has 0 unspecified atom stereocenters. The van der Waals surface area contributed by atoms with Crippen molar-refractivity contribution in [2.24, 2.45) is 10.7 Å². The van der Waals surface area contributed by atoms with Crippen molar-refractivity contribution < 1.29 is 9.47 Å². The van der Waals surface area contributed by atoms with Crippen LogP contribution in [0.3, 0.4) is 0 Å². The molecule has 1 aliphatic heterocycles. The molecular formula is C22H19N3O2. The zero-order valence-electron chi connectivity index (χ0n) is 14.7. The smallest absolute Gasteiger partial charge is 0.154 e. The molecule has 1 heterocycles. The first-order valence-corrected chi connectivity index (χ1v) is 8.65. The molecule has 5 heteroatoms. The summed E-state index contributed by atoms with van der Waals surface area (Å²) >= 11 is 0. The van der Waals surface area contributed by atoms with E-state index in [9.17, 15) is 0 Å². The second-order valence-electron chi connectivity index (χ2n) is 6.22.